The van der Waals surface area contributed by atoms with Crippen molar-refractivity contribution in [2.75, 3.05) is 13.1 Å². The molecule has 0 unspecified atom stereocenters. The van der Waals surface area contributed by atoms with Crippen LogP contribution in [0.2, 0.25) is 0 Å². The molecule has 1 fully saturated rings. The highest BCUT2D eigenvalue weighted by Crippen LogP contribution is 2.15. The zero-order valence-corrected chi connectivity index (χ0v) is 18.0. The lowest BCUT2D eigenvalue weighted by molar-refractivity contribution is -0.132. The highest BCUT2D eigenvalue weighted by atomic mass is 16.5. The van der Waals surface area contributed by atoms with Crippen molar-refractivity contribution in [1.82, 2.24) is 20.4 Å². The second-order valence-corrected chi connectivity index (χ2v) is 8.26. The number of carbonyl (C=O) groups is 2. The average molecular weight is 413 g/mol. The molecule has 162 valence electrons. The molecule has 0 spiro atoms. The third-order valence-corrected chi connectivity index (χ3v) is 5.48. The van der Waals surface area contributed by atoms with Crippen molar-refractivity contribution in [3.63, 3.8) is 0 Å². The quantitative estimate of drug-likeness (QED) is 0.683. The predicted molar refractivity (Wildman–Crippen MR) is 114 cm³/mol. The maximum atomic E-state index is 12.5. The summed E-state index contributed by atoms with van der Waals surface area (Å²) in [6.07, 6.45) is 4.68. The Morgan fingerprint density at radius 3 is 2.53 bits per heavy atom. The van der Waals surface area contributed by atoms with Crippen LogP contribution in [0.5, 0.6) is 0 Å². The topological polar surface area (TPSA) is 88.3 Å². The molecule has 0 aliphatic carbocycles. The maximum absolute atomic E-state index is 12.5. The highest BCUT2D eigenvalue weighted by molar-refractivity contribution is 5.77. The Hall–Kier alpha value is -2.70. The van der Waals surface area contributed by atoms with Gasteiger partial charge in [0, 0.05) is 44.3 Å². The number of piperidine rings is 1. The van der Waals surface area contributed by atoms with Crippen LogP contribution >= 0.6 is 0 Å². The van der Waals surface area contributed by atoms with E-state index in [0.29, 0.717) is 50.5 Å². The second kappa shape index (κ2) is 10.9. The van der Waals surface area contributed by atoms with Gasteiger partial charge in [-0.3, -0.25) is 9.59 Å². The van der Waals surface area contributed by atoms with Gasteiger partial charge < -0.3 is 14.7 Å². The van der Waals surface area contributed by atoms with E-state index in [9.17, 15) is 9.59 Å². The van der Waals surface area contributed by atoms with E-state index in [1.165, 1.54) is 5.56 Å². The Balaban J connectivity index is 1.31. The largest absolute Gasteiger partial charge is 0.353 e. The fourth-order valence-corrected chi connectivity index (χ4v) is 3.63. The Labute approximate surface area is 178 Å². The predicted octanol–water partition coefficient (Wildman–Crippen LogP) is 3.26. The van der Waals surface area contributed by atoms with Crippen LogP contribution in [-0.4, -0.2) is 46.0 Å². The van der Waals surface area contributed by atoms with Crippen LogP contribution < -0.4 is 5.32 Å². The first-order valence-electron chi connectivity index (χ1n) is 10.9. The lowest BCUT2D eigenvalue weighted by atomic mass is 10.0. The van der Waals surface area contributed by atoms with Gasteiger partial charge in [-0.2, -0.15) is 4.98 Å². The monoisotopic (exact) mass is 412 g/mol. The van der Waals surface area contributed by atoms with Crippen molar-refractivity contribution in [3.8, 4) is 0 Å². The zero-order valence-electron chi connectivity index (χ0n) is 18.0. The summed E-state index contributed by atoms with van der Waals surface area (Å²) in [7, 11) is 0. The van der Waals surface area contributed by atoms with Crippen LogP contribution in [0.1, 0.15) is 69.1 Å². The zero-order chi connectivity index (χ0) is 21.3. The van der Waals surface area contributed by atoms with Gasteiger partial charge in [0.05, 0.1) is 0 Å². The van der Waals surface area contributed by atoms with Crippen LogP contribution in [0.25, 0.3) is 0 Å². The summed E-state index contributed by atoms with van der Waals surface area (Å²) in [5.74, 6) is 1.80. The molecule has 1 N–H and O–H groups in total. The molecular formula is C23H32N4O3. The number of carbonyl (C=O) groups excluding carboxylic acids is 2. The maximum Gasteiger partial charge on any atom is 0.226 e. The van der Waals surface area contributed by atoms with E-state index < -0.39 is 0 Å². The Morgan fingerprint density at radius 1 is 1.13 bits per heavy atom. The first-order valence-corrected chi connectivity index (χ1v) is 10.9. The normalized spacial score (nSPS) is 14.8. The van der Waals surface area contributed by atoms with Gasteiger partial charge in [0.2, 0.25) is 17.7 Å². The summed E-state index contributed by atoms with van der Waals surface area (Å²) in [4.78, 5) is 30.9. The van der Waals surface area contributed by atoms with E-state index in [-0.39, 0.29) is 23.8 Å². The van der Waals surface area contributed by atoms with Crippen molar-refractivity contribution in [2.45, 2.75) is 70.8 Å². The fourth-order valence-electron chi connectivity index (χ4n) is 3.63. The molecule has 2 aromatic rings. The molecule has 7 heteroatoms. The van der Waals surface area contributed by atoms with E-state index in [1.54, 1.807) is 0 Å². The number of aryl methyl sites for hydroxylation is 2. The van der Waals surface area contributed by atoms with Crippen molar-refractivity contribution < 1.29 is 14.1 Å². The molecule has 3 rings (SSSR count). The number of nitrogens with one attached hydrogen (secondary N) is 1. The second-order valence-electron chi connectivity index (χ2n) is 8.26. The van der Waals surface area contributed by atoms with Crippen molar-refractivity contribution in [1.29, 1.82) is 0 Å². The van der Waals surface area contributed by atoms with Gasteiger partial charge in [-0.1, -0.05) is 49.3 Å². The molecule has 0 atom stereocenters. The van der Waals surface area contributed by atoms with Gasteiger partial charge in [-0.05, 0) is 31.2 Å². The molecule has 1 aliphatic rings. The molecule has 30 heavy (non-hydrogen) atoms. The Kier molecular flexibility index (Phi) is 7.99. The summed E-state index contributed by atoms with van der Waals surface area (Å²) in [6, 6.07) is 10.2. The molecule has 1 aromatic heterocycles. The summed E-state index contributed by atoms with van der Waals surface area (Å²) in [6.45, 7) is 5.43. The number of aromatic nitrogens is 2. The summed E-state index contributed by atoms with van der Waals surface area (Å²) < 4.78 is 5.23. The molecule has 1 aromatic carbocycles. The Bertz CT molecular complexity index is 811. The van der Waals surface area contributed by atoms with Crippen LogP contribution in [0.3, 0.4) is 0 Å². The molecular weight excluding hydrogens is 380 g/mol. The number of rotatable bonds is 9. The molecule has 1 aliphatic heterocycles. The van der Waals surface area contributed by atoms with Crippen molar-refractivity contribution >= 4 is 11.8 Å². The number of hydrogen-bond acceptors (Lipinski definition) is 5. The van der Waals surface area contributed by atoms with Gasteiger partial charge in [0.25, 0.3) is 0 Å². The van der Waals surface area contributed by atoms with Gasteiger partial charge in [0.1, 0.15) is 0 Å². The van der Waals surface area contributed by atoms with E-state index in [2.05, 4.69) is 15.5 Å². The van der Waals surface area contributed by atoms with Crippen LogP contribution in [0, 0.1) is 0 Å². The molecule has 2 amide bonds. The molecule has 0 radical (unpaired) electrons. The first-order chi connectivity index (χ1) is 14.5. The fraction of sp³-hybridized carbons (Fsp3) is 0.565. The lowest BCUT2D eigenvalue weighted by Crippen LogP contribution is -2.46. The summed E-state index contributed by atoms with van der Waals surface area (Å²) in [5, 5.41) is 7.07. The average Bonchev–Trinajstić information content (AvgIpc) is 3.23. The van der Waals surface area contributed by atoms with Gasteiger partial charge in [-0.15, -0.1) is 0 Å². The number of likely N-dealkylation sites (tertiary alicyclic amines) is 1. The summed E-state index contributed by atoms with van der Waals surface area (Å²) >= 11 is 0. The molecule has 2 heterocycles. The third-order valence-electron chi connectivity index (χ3n) is 5.48. The van der Waals surface area contributed by atoms with Gasteiger partial charge >= 0.3 is 0 Å². The van der Waals surface area contributed by atoms with E-state index in [1.807, 2.05) is 49.1 Å². The SMILES string of the molecule is CC(C)c1noc(CCCC(=O)N2CCC(NC(=O)CCc3ccccc3)CC2)n1. The number of hydrogen-bond donors (Lipinski definition) is 1. The minimum Gasteiger partial charge on any atom is -0.353 e. The highest BCUT2D eigenvalue weighted by Gasteiger charge is 2.23. The van der Waals surface area contributed by atoms with Gasteiger partial charge in [-0.25, -0.2) is 0 Å². The third kappa shape index (κ3) is 6.68. The minimum atomic E-state index is 0.0870. The summed E-state index contributed by atoms with van der Waals surface area (Å²) in [5.41, 5.74) is 1.18. The minimum absolute atomic E-state index is 0.0870. The van der Waals surface area contributed by atoms with E-state index >= 15 is 0 Å². The molecule has 0 bridgehead atoms. The number of nitrogens with zero attached hydrogens (tertiary/aromatic N) is 3. The van der Waals surface area contributed by atoms with Crippen molar-refractivity contribution in [3.05, 3.63) is 47.6 Å². The lowest BCUT2D eigenvalue weighted by Gasteiger charge is -2.32. The van der Waals surface area contributed by atoms with E-state index in [0.717, 1.165) is 19.3 Å². The standard InChI is InChI=1S/C23H32N4O3/c1-17(2)23-25-21(30-26-23)9-6-10-22(29)27-15-13-19(14-16-27)24-20(28)12-11-18-7-4-3-5-8-18/h3-5,7-8,17,19H,6,9-16H2,1-2H3,(H,24,28). The number of amides is 2. The number of benzene rings is 1. The van der Waals surface area contributed by atoms with E-state index in [4.69, 9.17) is 4.52 Å². The molecule has 7 nitrogen and oxygen atoms in total. The van der Waals surface area contributed by atoms with Crippen LogP contribution in [0.15, 0.2) is 34.9 Å². The molecule has 0 saturated carbocycles. The smallest absolute Gasteiger partial charge is 0.226 e. The van der Waals surface area contributed by atoms with Gasteiger partial charge in [0.15, 0.2) is 5.82 Å². The van der Waals surface area contributed by atoms with Crippen LogP contribution in [0.4, 0.5) is 0 Å². The van der Waals surface area contributed by atoms with Crippen LogP contribution in [-0.2, 0) is 22.4 Å². The van der Waals surface area contributed by atoms with Crippen molar-refractivity contribution in [2.24, 2.45) is 0 Å². The first kappa shape index (κ1) is 22.0. The molecule has 1 saturated heterocycles. The Morgan fingerprint density at radius 2 is 1.87 bits per heavy atom.